The van der Waals surface area contributed by atoms with E-state index in [0.29, 0.717) is 13.2 Å². The van der Waals surface area contributed by atoms with Crippen LogP contribution in [0.3, 0.4) is 0 Å². The lowest BCUT2D eigenvalue weighted by Crippen LogP contribution is -2.41. The van der Waals surface area contributed by atoms with Crippen molar-refractivity contribution in [3.63, 3.8) is 0 Å². The molecule has 1 aliphatic heterocycles. The first-order valence-electron chi connectivity index (χ1n) is 8.18. The first kappa shape index (κ1) is 16.8. The van der Waals surface area contributed by atoms with Crippen LogP contribution in [0.15, 0.2) is 24.3 Å². The van der Waals surface area contributed by atoms with Crippen molar-refractivity contribution in [2.45, 2.75) is 39.0 Å². The summed E-state index contributed by atoms with van der Waals surface area (Å²) in [5.74, 6) is 1.10. The average molecular weight is 304 g/mol. The van der Waals surface area contributed by atoms with Crippen LogP contribution in [-0.4, -0.2) is 32.1 Å². The first-order valence-corrected chi connectivity index (χ1v) is 8.18. The molecule has 2 rings (SSSR count). The van der Waals surface area contributed by atoms with Gasteiger partial charge in [0.05, 0.1) is 12.5 Å². The van der Waals surface area contributed by atoms with Crippen molar-refractivity contribution in [1.29, 1.82) is 0 Å². The van der Waals surface area contributed by atoms with Crippen LogP contribution < -0.4 is 15.4 Å². The summed E-state index contributed by atoms with van der Waals surface area (Å²) >= 11 is 0. The molecule has 4 heteroatoms. The minimum atomic E-state index is 0.111. The maximum atomic E-state index is 12.0. The van der Waals surface area contributed by atoms with Gasteiger partial charge in [0.25, 0.3) is 0 Å². The maximum absolute atomic E-state index is 12.0. The maximum Gasteiger partial charge on any atom is 0.224 e. The second kappa shape index (κ2) is 7.63. The molecule has 1 heterocycles. The van der Waals surface area contributed by atoms with Gasteiger partial charge in [-0.15, -0.1) is 0 Å². The van der Waals surface area contributed by atoms with Crippen molar-refractivity contribution >= 4 is 5.91 Å². The molecule has 1 unspecified atom stereocenters. The molecule has 1 amide bonds. The number of carbonyl (C=O) groups excluding carboxylic acids is 1. The molecular weight excluding hydrogens is 276 g/mol. The van der Waals surface area contributed by atoms with Gasteiger partial charge in [0.15, 0.2) is 0 Å². The topological polar surface area (TPSA) is 50.4 Å². The van der Waals surface area contributed by atoms with Crippen molar-refractivity contribution < 1.29 is 9.53 Å². The van der Waals surface area contributed by atoms with E-state index in [2.05, 4.69) is 43.5 Å². The van der Waals surface area contributed by atoms with Crippen molar-refractivity contribution in [3.8, 4) is 5.75 Å². The van der Waals surface area contributed by atoms with Gasteiger partial charge >= 0.3 is 0 Å². The zero-order valence-corrected chi connectivity index (χ0v) is 13.9. The van der Waals surface area contributed by atoms with Gasteiger partial charge < -0.3 is 15.4 Å². The summed E-state index contributed by atoms with van der Waals surface area (Å²) in [6.45, 7) is 9.45. The second-order valence-electron chi connectivity index (χ2n) is 6.96. The zero-order chi connectivity index (χ0) is 16.0. The Kier molecular flexibility index (Phi) is 5.83. The molecule has 0 aliphatic carbocycles. The summed E-state index contributed by atoms with van der Waals surface area (Å²) in [6.07, 6.45) is 2.06. The molecule has 1 aromatic carbocycles. The van der Waals surface area contributed by atoms with Crippen molar-refractivity contribution in [2.24, 2.45) is 5.92 Å². The minimum absolute atomic E-state index is 0.111. The number of rotatable bonds is 5. The quantitative estimate of drug-likeness (QED) is 0.822. The molecule has 122 valence electrons. The van der Waals surface area contributed by atoms with Crippen molar-refractivity contribution in [2.75, 3.05) is 26.2 Å². The fourth-order valence-corrected chi connectivity index (χ4v) is 2.61. The molecule has 0 aromatic heterocycles. The Bertz CT molecular complexity index is 471. The van der Waals surface area contributed by atoms with E-state index in [-0.39, 0.29) is 17.2 Å². The molecule has 0 saturated carbocycles. The minimum Gasteiger partial charge on any atom is -0.492 e. The molecule has 4 nitrogen and oxygen atoms in total. The summed E-state index contributed by atoms with van der Waals surface area (Å²) in [4.78, 5) is 12.0. The third kappa shape index (κ3) is 5.02. The Balaban J connectivity index is 1.69. The molecule has 22 heavy (non-hydrogen) atoms. The highest BCUT2D eigenvalue weighted by atomic mass is 16.5. The number of ether oxygens (including phenoxy) is 1. The third-order valence-corrected chi connectivity index (χ3v) is 4.06. The van der Waals surface area contributed by atoms with Crippen molar-refractivity contribution in [1.82, 2.24) is 10.6 Å². The Morgan fingerprint density at radius 3 is 2.64 bits per heavy atom. The van der Waals surface area contributed by atoms with Gasteiger partial charge in [-0.3, -0.25) is 4.79 Å². The molecule has 1 aliphatic rings. The number of piperidine rings is 1. The van der Waals surface area contributed by atoms with E-state index in [1.54, 1.807) is 0 Å². The van der Waals surface area contributed by atoms with Crippen molar-refractivity contribution in [3.05, 3.63) is 29.8 Å². The number of carbonyl (C=O) groups is 1. The predicted octanol–water partition coefficient (Wildman–Crippen LogP) is 2.48. The number of amides is 1. The average Bonchev–Trinajstić information content (AvgIpc) is 2.52. The smallest absolute Gasteiger partial charge is 0.224 e. The van der Waals surface area contributed by atoms with Gasteiger partial charge in [0, 0.05) is 6.54 Å². The van der Waals surface area contributed by atoms with Gasteiger partial charge in [0.2, 0.25) is 5.91 Å². The van der Waals surface area contributed by atoms with Gasteiger partial charge in [-0.05, 0) is 42.5 Å². The van der Waals surface area contributed by atoms with Gasteiger partial charge in [-0.1, -0.05) is 32.9 Å². The van der Waals surface area contributed by atoms with Crippen LogP contribution in [0.2, 0.25) is 0 Å². The van der Waals surface area contributed by atoms with E-state index in [4.69, 9.17) is 4.74 Å². The largest absolute Gasteiger partial charge is 0.492 e. The summed E-state index contributed by atoms with van der Waals surface area (Å²) in [5.41, 5.74) is 1.44. The van der Waals surface area contributed by atoms with E-state index in [1.165, 1.54) is 5.56 Å². The SMILES string of the molecule is CC(C)(C)c1ccc(OCCNC(=O)C2CCCNC2)cc1. The van der Waals surface area contributed by atoms with E-state index in [0.717, 1.165) is 31.7 Å². The van der Waals surface area contributed by atoms with Crippen LogP contribution >= 0.6 is 0 Å². The first-order chi connectivity index (χ1) is 10.5. The molecule has 0 bridgehead atoms. The third-order valence-electron chi connectivity index (χ3n) is 4.06. The van der Waals surface area contributed by atoms with Crippen LogP contribution in [0.25, 0.3) is 0 Å². The van der Waals surface area contributed by atoms with Crippen LogP contribution in [0.5, 0.6) is 5.75 Å². The zero-order valence-electron chi connectivity index (χ0n) is 13.9. The van der Waals surface area contributed by atoms with E-state index in [1.807, 2.05) is 12.1 Å². The molecule has 1 fully saturated rings. The van der Waals surface area contributed by atoms with Crippen LogP contribution in [0.4, 0.5) is 0 Å². The predicted molar refractivity (Wildman–Crippen MR) is 89.2 cm³/mol. The Labute approximate surface area is 133 Å². The standard InChI is InChI=1S/C18H28N2O2/c1-18(2,3)15-6-8-16(9-7-15)22-12-11-20-17(21)14-5-4-10-19-13-14/h6-9,14,19H,4-5,10-13H2,1-3H3,(H,20,21). The van der Waals surface area contributed by atoms with Gasteiger partial charge in [-0.25, -0.2) is 0 Å². The summed E-state index contributed by atoms with van der Waals surface area (Å²) in [7, 11) is 0. The van der Waals surface area contributed by atoms with Crippen LogP contribution in [0.1, 0.15) is 39.2 Å². The fraction of sp³-hybridized carbons (Fsp3) is 0.611. The molecular formula is C18H28N2O2. The summed E-state index contributed by atoms with van der Waals surface area (Å²) < 4.78 is 5.68. The molecule has 2 N–H and O–H groups in total. The Morgan fingerprint density at radius 1 is 1.32 bits per heavy atom. The number of hydrogen-bond acceptors (Lipinski definition) is 3. The molecule has 0 radical (unpaired) electrons. The molecule has 0 spiro atoms. The summed E-state index contributed by atoms with van der Waals surface area (Å²) in [5, 5.41) is 6.21. The van der Waals surface area contributed by atoms with Crippen LogP contribution in [0, 0.1) is 5.92 Å². The van der Waals surface area contributed by atoms with E-state index in [9.17, 15) is 4.79 Å². The number of nitrogens with one attached hydrogen (secondary N) is 2. The van der Waals surface area contributed by atoms with E-state index < -0.39 is 0 Å². The Morgan fingerprint density at radius 2 is 2.05 bits per heavy atom. The lowest BCUT2D eigenvalue weighted by molar-refractivity contribution is -0.125. The summed E-state index contributed by atoms with van der Waals surface area (Å²) in [6, 6.07) is 8.18. The monoisotopic (exact) mass is 304 g/mol. The normalized spacial score (nSPS) is 18.8. The highest BCUT2D eigenvalue weighted by Gasteiger charge is 2.20. The number of hydrogen-bond donors (Lipinski definition) is 2. The Hall–Kier alpha value is -1.55. The van der Waals surface area contributed by atoms with E-state index >= 15 is 0 Å². The van der Waals surface area contributed by atoms with Crippen LogP contribution in [-0.2, 0) is 10.2 Å². The highest BCUT2D eigenvalue weighted by Crippen LogP contribution is 2.24. The highest BCUT2D eigenvalue weighted by molar-refractivity contribution is 5.78. The lowest BCUT2D eigenvalue weighted by atomic mass is 9.87. The van der Waals surface area contributed by atoms with Gasteiger partial charge in [0.1, 0.15) is 12.4 Å². The second-order valence-corrected chi connectivity index (χ2v) is 6.96. The van der Waals surface area contributed by atoms with Gasteiger partial charge in [-0.2, -0.15) is 0 Å². The fourth-order valence-electron chi connectivity index (χ4n) is 2.61. The molecule has 1 saturated heterocycles. The molecule has 1 aromatic rings. The number of benzene rings is 1. The molecule has 1 atom stereocenters. The lowest BCUT2D eigenvalue weighted by Gasteiger charge is -2.22.